The van der Waals surface area contributed by atoms with E-state index in [9.17, 15) is 32.0 Å². The molecule has 4 aromatic rings. The summed E-state index contributed by atoms with van der Waals surface area (Å²) in [6.45, 7) is -0.372. The standard InChI is InChI=1S/C24H20F2N4O5S/c25-16-7-6-15(19(26)11-16)13-29-23(31)20-21(27)18-10-14(12-28-22(18)30(33)24(20)32)8-9-36(34,35)17-4-2-1-3-5-17/h1-7,10-12,33H,8-9,13,27H2,(H,29,31). The van der Waals surface area contributed by atoms with Crippen molar-refractivity contribution in [2.75, 3.05) is 11.5 Å². The second kappa shape index (κ2) is 9.74. The summed E-state index contributed by atoms with van der Waals surface area (Å²) < 4.78 is 52.3. The highest BCUT2D eigenvalue weighted by Crippen LogP contribution is 2.23. The predicted molar refractivity (Wildman–Crippen MR) is 127 cm³/mol. The molecule has 0 radical (unpaired) electrons. The van der Waals surface area contributed by atoms with Crippen LogP contribution in [0.4, 0.5) is 14.5 Å². The van der Waals surface area contributed by atoms with Crippen LogP contribution in [0.1, 0.15) is 21.5 Å². The number of pyridine rings is 2. The van der Waals surface area contributed by atoms with Gasteiger partial charge in [0.05, 0.1) is 16.3 Å². The molecule has 0 aliphatic heterocycles. The Hall–Kier alpha value is -4.32. The second-order valence-corrected chi connectivity index (χ2v) is 10.0. The van der Waals surface area contributed by atoms with Crippen LogP contribution >= 0.6 is 0 Å². The van der Waals surface area contributed by atoms with Gasteiger partial charge in [-0.1, -0.05) is 24.3 Å². The van der Waals surface area contributed by atoms with E-state index in [2.05, 4.69) is 10.3 Å². The van der Waals surface area contributed by atoms with E-state index < -0.39 is 38.5 Å². The maximum absolute atomic E-state index is 13.9. The Balaban J connectivity index is 1.62. The number of rotatable bonds is 7. The van der Waals surface area contributed by atoms with Crippen molar-refractivity contribution in [1.29, 1.82) is 0 Å². The largest absolute Gasteiger partial charge is 0.423 e. The monoisotopic (exact) mass is 514 g/mol. The number of nitrogen functional groups attached to an aromatic ring is 1. The summed E-state index contributed by atoms with van der Waals surface area (Å²) in [6.07, 6.45) is 1.35. The summed E-state index contributed by atoms with van der Waals surface area (Å²) in [5.74, 6) is -2.91. The Bertz CT molecular complexity index is 1640. The number of aromatic nitrogens is 2. The molecule has 0 saturated heterocycles. The van der Waals surface area contributed by atoms with Gasteiger partial charge in [-0.2, -0.15) is 0 Å². The molecule has 2 heterocycles. The number of nitrogens with zero attached hydrogens (tertiary/aromatic N) is 2. The first-order valence-electron chi connectivity index (χ1n) is 10.6. The third-order valence-corrected chi connectivity index (χ3v) is 7.26. The van der Waals surface area contributed by atoms with E-state index in [0.717, 1.165) is 12.1 Å². The summed E-state index contributed by atoms with van der Waals surface area (Å²) in [5, 5.41) is 12.6. The smallest absolute Gasteiger partial charge is 0.299 e. The Morgan fingerprint density at radius 1 is 1.11 bits per heavy atom. The van der Waals surface area contributed by atoms with Crippen molar-refractivity contribution in [2.24, 2.45) is 0 Å². The molecule has 12 heteroatoms. The summed E-state index contributed by atoms with van der Waals surface area (Å²) in [5.41, 5.74) is 4.21. The van der Waals surface area contributed by atoms with Crippen molar-refractivity contribution >= 4 is 32.5 Å². The zero-order valence-corrected chi connectivity index (χ0v) is 19.4. The van der Waals surface area contributed by atoms with Crippen LogP contribution < -0.4 is 16.6 Å². The molecule has 0 spiro atoms. The van der Waals surface area contributed by atoms with Crippen LogP contribution in [-0.2, 0) is 22.8 Å². The van der Waals surface area contributed by atoms with Crippen molar-refractivity contribution < 1.29 is 27.2 Å². The van der Waals surface area contributed by atoms with Gasteiger partial charge in [0.15, 0.2) is 15.5 Å². The maximum Gasteiger partial charge on any atom is 0.299 e. The molecule has 9 nitrogen and oxygen atoms in total. The molecule has 0 atom stereocenters. The maximum atomic E-state index is 13.9. The minimum atomic E-state index is -3.58. The lowest BCUT2D eigenvalue weighted by molar-refractivity contribution is 0.0944. The molecule has 0 aliphatic carbocycles. The quantitative estimate of drug-likeness (QED) is 0.321. The number of anilines is 1. The summed E-state index contributed by atoms with van der Waals surface area (Å²) in [7, 11) is -3.58. The Labute approximate surface area is 203 Å². The highest BCUT2D eigenvalue weighted by molar-refractivity contribution is 7.91. The number of sulfone groups is 1. The minimum absolute atomic E-state index is 0.0305. The topological polar surface area (TPSA) is 144 Å². The molecule has 2 aromatic carbocycles. The molecule has 186 valence electrons. The highest BCUT2D eigenvalue weighted by atomic mass is 32.2. The van der Waals surface area contributed by atoms with Crippen LogP contribution in [0.25, 0.3) is 11.0 Å². The fraction of sp³-hybridized carbons (Fsp3) is 0.125. The number of amides is 1. The fourth-order valence-electron chi connectivity index (χ4n) is 3.60. The van der Waals surface area contributed by atoms with Crippen LogP contribution in [0.2, 0.25) is 0 Å². The molecule has 0 saturated carbocycles. The van der Waals surface area contributed by atoms with Crippen LogP contribution in [0.15, 0.2) is 70.5 Å². The Morgan fingerprint density at radius 3 is 2.53 bits per heavy atom. The molecule has 4 rings (SSSR count). The molecule has 2 aromatic heterocycles. The van der Waals surface area contributed by atoms with E-state index in [-0.39, 0.29) is 50.6 Å². The first kappa shape index (κ1) is 24.8. The fourth-order valence-corrected chi connectivity index (χ4v) is 4.91. The molecule has 36 heavy (non-hydrogen) atoms. The van der Waals surface area contributed by atoms with Crippen molar-refractivity contribution in [3.05, 3.63) is 99.5 Å². The number of halogens is 2. The third-order valence-electron chi connectivity index (χ3n) is 5.53. The zero-order chi connectivity index (χ0) is 26.0. The number of benzene rings is 2. The molecule has 0 aliphatic rings. The minimum Gasteiger partial charge on any atom is -0.423 e. The lowest BCUT2D eigenvalue weighted by Gasteiger charge is -2.13. The van der Waals surface area contributed by atoms with Gasteiger partial charge in [-0.05, 0) is 36.2 Å². The van der Waals surface area contributed by atoms with Gasteiger partial charge in [0.1, 0.15) is 17.2 Å². The predicted octanol–water partition coefficient (Wildman–Crippen LogP) is 2.44. The lowest BCUT2D eigenvalue weighted by Crippen LogP contribution is -2.34. The number of hydrogen-bond acceptors (Lipinski definition) is 7. The normalized spacial score (nSPS) is 11.5. The number of carbonyl (C=O) groups is 1. The third kappa shape index (κ3) is 4.89. The van der Waals surface area contributed by atoms with Gasteiger partial charge in [-0.15, -0.1) is 4.73 Å². The van der Waals surface area contributed by atoms with E-state index in [4.69, 9.17) is 5.73 Å². The van der Waals surface area contributed by atoms with Gasteiger partial charge >= 0.3 is 0 Å². The number of fused-ring (bicyclic) bond motifs is 1. The van der Waals surface area contributed by atoms with Gasteiger partial charge < -0.3 is 16.3 Å². The number of aryl methyl sites for hydroxylation is 1. The highest BCUT2D eigenvalue weighted by Gasteiger charge is 2.22. The van der Waals surface area contributed by atoms with Gasteiger partial charge in [-0.25, -0.2) is 22.2 Å². The van der Waals surface area contributed by atoms with Crippen LogP contribution in [0, 0.1) is 11.6 Å². The average molecular weight is 515 g/mol. The van der Waals surface area contributed by atoms with E-state index in [1.54, 1.807) is 18.2 Å². The van der Waals surface area contributed by atoms with Crippen molar-refractivity contribution in [3.8, 4) is 0 Å². The first-order valence-corrected chi connectivity index (χ1v) is 12.3. The van der Waals surface area contributed by atoms with Crippen molar-refractivity contribution in [3.63, 3.8) is 0 Å². The lowest BCUT2D eigenvalue weighted by atomic mass is 10.1. The number of nitrogens with one attached hydrogen (secondary N) is 1. The Morgan fingerprint density at radius 2 is 1.83 bits per heavy atom. The number of nitrogens with two attached hydrogens (primary N) is 1. The summed E-state index contributed by atoms with van der Waals surface area (Å²) >= 11 is 0. The molecule has 1 amide bonds. The molecule has 4 N–H and O–H groups in total. The van der Waals surface area contributed by atoms with E-state index >= 15 is 0 Å². The first-order chi connectivity index (χ1) is 17.1. The number of carbonyl (C=O) groups excluding carboxylic acids is 1. The van der Waals surface area contributed by atoms with E-state index in [1.807, 2.05) is 0 Å². The SMILES string of the molecule is Nc1c(C(=O)NCc2ccc(F)cc2F)c(=O)n(O)c2ncc(CCS(=O)(=O)c3ccccc3)cc12. The summed E-state index contributed by atoms with van der Waals surface area (Å²) in [6, 6.07) is 12.1. The summed E-state index contributed by atoms with van der Waals surface area (Å²) in [4.78, 5) is 29.5. The van der Waals surface area contributed by atoms with Crippen LogP contribution in [0.3, 0.4) is 0 Å². The number of hydrogen-bond donors (Lipinski definition) is 3. The molecular weight excluding hydrogens is 494 g/mol. The van der Waals surface area contributed by atoms with Crippen molar-refractivity contribution in [2.45, 2.75) is 17.9 Å². The van der Waals surface area contributed by atoms with Crippen LogP contribution in [0.5, 0.6) is 0 Å². The molecule has 0 bridgehead atoms. The Kier molecular flexibility index (Phi) is 6.71. The van der Waals surface area contributed by atoms with Gasteiger partial charge in [0.2, 0.25) is 0 Å². The average Bonchev–Trinajstić information content (AvgIpc) is 2.86. The van der Waals surface area contributed by atoms with Gasteiger partial charge in [0, 0.05) is 29.8 Å². The molecule has 0 unspecified atom stereocenters. The second-order valence-electron chi connectivity index (χ2n) is 7.92. The zero-order valence-electron chi connectivity index (χ0n) is 18.6. The van der Waals surface area contributed by atoms with Crippen molar-refractivity contribution in [1.82, 2.24) is 15.0 Å². The molecular formula is C24H20F2N4O5S. The van der Waals surface area contributed by atoms with Gasteiger partial charge in [0.25, 0.3) is 11.5 Å². The van der Waals surface area contributed by atoms with Gasteiger partial charge in [-0.3, -0.25) is 9.59 Å². The van der Waals surface area contributed by atoms with E-state index in [1.165, 1.54) is 24.4 Å². The van der Waals surface area contributed by atoms with E-state index in [0.29, 0.717) is 11.6 Å². The van der Waals surface area contributed by atoms with Crippen LogP contribution in [-0.4, -0.2) is 35.0 Å². The molecule has 0 fully saturated rings.